The van der Waals surface area contributed by atoms with Crippen molar-refractivity contribution in [3.05, 3.63) is 88.3 Å². The number of carbonyl (C=O) groups excluding carboxylic acids is 1. The maximum absolute atomic E-state index is 13.1. The third-order valence-electron chi connectivity index (χ3n) is 5.00. The molecule has 0 fully saturated rings. The maximum Gasteiger partial charge on any atom is 0.339 e. The van der Waals surface area contributed by atoms with E-state index in [9.17, 15) is 13.2 Å². The fourth-order valence-electron chi connectivity index (χ4n) is 3.18. The molecule has 4 rings (SSSR count). The second-order valence-electron chi connectivity index (χ2n) is 7.36. The van der Waals surface area contributed by atoms with Crippen LogP contribution in [0.1, 0.15) is 21.6 Å². The van der Waals surface area contributed by atoms with E-state index in [2.05, 4.69) is 31.2 Å². The van der Waals surface area contributed by atoms with Gasteiger partial charge in [-0.25, -0.2) is 4.98 Å². The van der Waals surface area contributed by atoms with Gasteiger partial charge in [-0.3, -0.25) is 9.78 Å². The van der Waals surface area contributed by atoms with Crippen LogP contribution in [-0.2, 0) is 16.7 Å². The molecule has 8 nitrogen and oxygen atoms in total. The summed E-state index contributed by atoms with van der Waals surface area (Å²) in [7, 11) is -2.68. The van der Waals surface area contributed by atoms with Crippen LogP contribution in [0.5, 0.6) is 11.5 Å². The molecule has 2 heterocycles. The first-order chi connectivity index (χ1) is 16.3. The van der Waals surface area contributed by atoms with Crippen LogP contribution in [-0.4, -0.2) is 31.4 Å². The van der Waals surface area contributed by atoms with Crippen LogP contribution in [0.4, 0.5) is 0 Å². The lowest BCUT2D eigenvalue weighted by Crippen LogP contribution is -2.25. The van der Waals surface area contributed by atoms with Gasteiger partial charge in [0.1, 0.15) is 20.8 Å². The van der Waals surface area contributed by atoms with Crippen molar-refractivity contribution in [3.8, 4) is 11.5 Å². The number of aromatic nitrogens is 2. The number of amides is 1. The van der Waals surface area contributed by atoms with Gasteiger partial charge in [-0.15, -0.1) is 0 Å². The van der Waals surface area contributed by atoms with E-state index in [1.807, 2.05) is 19.1 Å². The molecule has 0 spiro atoms. The monoisotopic (exact) mass is 541 g/mol. The number of aryl methyl sites for hydroxylation is 1. The normalized spacial score (nSPS) is 11.3. The van der Waals surface area contributed by atoms with Crippen LogP contribution in [0, 0.1) is 6.92 Å². The molecule has 0 bridgehead atoms. The fraction of sp³-hybridized carbons (Fsp3) is 0.125. The molecule has 2 aromatic carbocycles. The predicted octanol–water partition coefficient (Wildman–Crippen LogP) is 4.41. The van der Waals surface area contributed by atoms with Crippen molar-refractivity contribution in [2.45, 2.75) is 18.4 Å². The fourth-order valence-corrected chi connectivity index (χ4v) is 4.62. The zero-order valence-corrected chi connectivity index (χ0v) is 20.7. The Kier molecular flexibility index (Phi) is 6.80. The number of rotatable bonds is 7. The Labute approximate surface area is 205 Å². The average Bonchev–Trinajstić information content (AvgIpc) is 2.84. The number of hydrogen-bond donors (Lipinski definition) is 1. The van der Waals surface area contributed by atoms with Crippen molar-refractivity contribution in [1.82, 2.24) is 15.3 Å². The first kappa shape index (κ1) is 23.7. The highest BCUT2D eigenvalue weighted by atomic mass is 79.9. The Bertz CT molecular complexity index is 1460. The Morgan fingerprint density at radius 2 is 1.76 bits per heavy atom. The minimum Gasteiger partial charge on any atom is -0.497 e. The van der Waals surface area contributed by atoms with Gasteiger partial charge in [0.15, 0.2) is 5.69 Å². The van der Waals surface area contributed by atoms with Crippen LogP contribution in [0.3, 0.4) is 0 Å². The summed E-state index contributed by atoms with van der Waals surface area (Å²) in [5.74, 6) is -0.164. The van der Waals surface area contributed by atoms with Crippen molar-refractivity contribution in [3.63, 3.8) is 0 Å². The van der Waals surface area contributed by atoms with E-state index in [0.717, 1.165) is 11.1 Å². The molecule has 0 aliphatic rings. The van der Waals surface area contributed by atoms with Gasteiger partial charge in [-0.2, -0.15) is 8.42 Å². The van der Waals surface area contributed by atoms with Crippen molar-refractivity contribution < 1.29 is 22.1 Å². The number of halogens is 1. The van der Waals surface area contributed by atoms with Gasteiger partial charge in [-0.05, 0) is 64.8 Å². The van der Waals surface area contributed by atoms with E-state index in [-0.39, 0.29) is 28.4 Å². The van der Waals surface area contributed by atoms with Gasteiger partial charge >= 0.3 is 10.1 Å². The van der Waals surface area contributed by atoms with Crippen LogP contribution >= 0.6 is 15.9 Å². The summed E-state index contributed by atoms with van der Waals surface area (Å²) in [6.07, 6.45) is 1.49. The van der Waals surface area contributed by atoms with Gasteiger partial charge in [0.05, 0.1) is 7.11 Å². The quantitative estimate of drug-likeness (QED) is 0.272. The molecule has 0 aliphatic heterocycles. The standard InChI is InChI=1S/C24H20BrN3O5S/c1-15-5-11-18(12-6-15)34(30,31)33-22-20-19(4-3-13-26-20)23(25)28-21(22)24(29)27-14-16-7-9-17(32-2)10-8-16/h3-13H,14H2,1-2H3,(H,27,29). The Morgan fingerprint density at radius 1 is 1.06 bits per heavy atom. The van der Waals surface area contributed by atoms with Crippen molar-refractivity contribution in [1.29, 1.82) is 0 Å². The van der Waals surface area contributed by atoms with Gasteiger partial charge < -0.3 is 14.2 Å². The molecule has 0 unspecified atom stereocenters. The van der Waals surface area contributed by atoms with Crippen LogP contribution < -0.4 is 14.2 Å². The second-order valence-corrected chi connectivity index (χ2v) is 9.66. The molecule has 1 amide bonds. The lowest BCUT2D eigenvalue weighted by Gasteiger charge is -2.14. The first-order valence-electron chi connectivity index (χ1n) is 10.1. The summed E-state index contributed by atoms with van der Waals surface area (Å²) in [6, 6.07) is 16.8. The predicted molar refractivity (Wildman–Crippen MR) is 130 cm³/mol. The van der Waals surface area contributed by atoms with E-state index in [4.69, 9.17) is 8.92 Å². The minimum atomic E-state index is -4.25. The van der Waals surface area contributed by atoms with E-state index in [0.29, 0.717) is 15.7 Å². The molecule has 4 aromatic rings. The van der Waals surface area contributed by atoms with Crippen LogP contribution in [0.15, 0.2) is 76.4 Å². The maximum atomic E-state index is 13.1. The van der Waals surface area contributed by atoms with E-state index in [1.165, 1.54) is 18.3 Å². The highest BCUT2D eigenvalue weighted by molar-refractivity contribution is 9.10. The summed E-state index contributed by atoms with van der Waals surface area (Å²) in [5, 5.41) is 3.26. The Hall–Kier alpha value is -3.50. The highest BCUT2D eigenvalue weighted by Crippen LogP contribution is 2.33. The molecule has 34 heavy (non-hydrogen) atoms. The molecule has 1 N–H and O–H groups in total. The van der Waals surface area contributed by atoms with Gasteiger partial charge in [0, 0.05) is 18.1 Å². The smallest absolute Gasteiger partial charge is 0.339 e. The average molecular weight is 542 g/mol. The highest BCUT2D eigenvalue weighted by Gasteiger charge is 2.26. The summed E-state index contributed by atoms with van der Waals surface area (Å²) in [6.45, 7) is 2.03. The molecule has 174 valence electrons. The number of nitrogens with zero attached hydrogens (tertiary/aromatic N) is 2. The zero-order valence-electron chi connectivity index (χ0n) is 18.3. The number of methoxy groups -OCH3 is 1. The number of hydrogen-bond acceptors (Lipinski definition) is 7. The summed E-state index contributed by atoms with van der Waals surface area (Å²) in [5.41, 5.74) is 1.70. The lowest BCUT2D eigenvalue weighted by molar-refractivity contribution is 0.0944. The third kappa shape index (κ3) is 5.02. The largest absolute Gasteiger partial charge is 0.497 e. The number of fused-ring (bicyclic) bond motifs is 1. The topological polar surface area (TPSA) is 107 Å². The Balaban J connectivity index is 1.71. The molecule has 10 heteroatoms. The number of ether oxygens (including phenoxy) is 1. The van der Waals surface area contributed by atoms with Gasteiger partial charge in [0.2, 0.25) is 5.75 Å². The van der Waals surface area contributed by atoms with Gasteiger partial charge in [0.25, 0.3) is 5.91 Å². The number of carbonyl (C=O) groups is 1. The molecular formula is C24H20BrN3O5S. The molecule has 0 atom stereocenters. The molecule has 0 radical (unpaired) electrons. The molecule has 0 saturated carbocycles. The molecule has 0 aliphatic carbocycles. The van der Waals surface area contributed by atoms with Crippen molar-refractivity contribution in [2.75, 3.05) is 7.11 Å². The third-order valence-corrected chi connectivity index (χ3v) is 6.84. The van der Waals surface area contributed by atoms with Crippen LogP contribution in [0.2, 0.25) is 0 Å². The number of nitrogens with one attached hydrogen (secondary N) is 1. The van der Waals surface area contributed by atoms with Crippen molar-refractivity contribution >= 4 is 42.9 Å². The van der Waals surface area contributed by atoms with E-state index >= 15 is 0 Å². The van der Waals surface area contributed by atoms with E-state index < -0.39 is 16.0 Å². The number of benzene rings is 2. The molecule has 2 aromatic heterocycles. The second kappa shape index (κ2) is 9.78. The van der Waals surface area contributed by atoms with Crippen LogP contribution in [0.25, 0.3) is 10.9 Å². The lowest BCUT2D eigenvalue weighted by atomic mass is 10.2. The molecule has 0 saturated heterocycles. The van der Waals surface area contributed by atoms with E-state index in [1.54, 1.807) is 43.5 Å². The summed E-state index contributed by atoms with van der Waals surface area (Å²) < 4.78 is 37.0. The minimum absolute atomic E-state index is 0.0466. The zero-order chi connectivity index (χ0) is 24.3. The first-order valence-corrected chi connectivity index (χ1v) is 12.3. The van der Waals surface area contributed by atoms with Crippen molar-refractivity contribution in [2.24, 2.45) is 0 Å². The SMILES string of the molecule is COc1ccc(CNC(=O)c2nc(Br)c3cccnc3c2OS(=O)(=O)c2ccc(C)cc2)cc1. The summed E-state index contributed by atoms with van der Waals surface area (Å²) >= 11 is 3.34. The van der Waals surface area contributed by atoms with Gasteiger partial charge in [-0.1, -0.05) is 29.8 Å². The Morgan fingerprint density at radius 3 is 2.44 bits per heavy atom. The molecular weight excluding hydrogens is 522 g/mol. The number of pyridine rings is 2. The summed E-state index contributed by atoms with van der Waals surface area (Å²) in [4.78, 5) is 21.6.